The molecular formula is C6H10ClNO2. The van der Waals surface area contributed by atoms with Gasteiger partial charge in [0.15, 0.2) is 0 Å². The minimum atomic E-state index is -0.450. The van der Waals surface area contributed by atoms with Crippen LogP contribution in [0.25, 0.3) is 0 Å². The summed E-state index contributed by atoms with van der Waals surface area (Å²) in [6.07, 6.45) is 1.54. The predicted molar refractivity (Wildman–Crippen MR) is 40.0 cm³/mol. The number of hydrogen-bond acceptors (Lipinski definition) is 3. The largest absolute Gasteiger partial charge is 0.332 e. The number of halogens is 1. The number of hydrogen-bond donors (Lipinski definition) is 0. The van der Waals surface area contributed by atoms with Crippen LogP contribution in [0.2, 0.25) is 0 Å². The number of rotatable bonds is 3. The first kappa shape index (κ1) is 9.43. The van der Waals surface area contributed by atoms with Crippen molar-refractivity contribution in [3.8, 4) is 0 Å². The van der Waals surface area contributed by atoms with Crippen LogP contribution in [0.5, 0.6) is 0 Å². The third kappa shape index (κ3) is 5.56. The van der Waals surface area contributed by atoms with Gasteiger partial charge in [-0.1, -0.05) is 23.7 Å². The highest BCUT2D eigenvalue weighted by Gasteiger charge is 1.93. The summed E-state index contributed by atoms with van der Waals surface area (Å²) in [5.41, 5.74) is 0. The van der Waals surface area contributed by atoms with Gasteiger partial charge in [0, 0.05) is 13.3 Å². The van der Waals surface area contributed by atoms with Crippen LogP contribution in [0.4, 0.5) is 0 Å². The molecule has 0 atom stereocenters. The van der Waals surface area contributed by atoms with Crippen molar-refractivity contribution in [1.29, 1.82) is 0 Å². The Morgan fingerprint density at radius 1 is 1.70 bits per heavy atom. The first-order chi connectivity index (χ1) is 4.66. The molecule has 0 aliphatic heterocycles. The Labute approximate surface area is 65.0 Å². The number of nitrogens with zero attached hydrogens (tertiary/aromatic N) is 1. The summed E-state index contributed by atoms with van der Waals surface area (Å²) in [7, 11) is 0. The van der Waals surface area contributed by atoms with Crippen LogP contribution in [-0.2, 0) is 9.63 Å². The molecule has 3 nitrogen and oxygen atoms in total. The van der Waals surface area contributed by atoms with E-state index in [1.54, 1.807) is 0 Å². The Morgan fingerprint density at radius 3 is 2.70 bits per heavy atom. The number of carbonyl (C=O) groups excluding carboxylic acids is 1. The molecule has 0 amide bonds. The van der Waals surface area contributed by atoms with Crippen LogP contribution < -0.4 is 0 Å². The SMILES string of the molecule is CCC/C(Cl)=N/OC(C)=O. The van der Waals surface area contributed by atoms with Crippen molar-refractivity contribution in [3.05, 3.63) is 0 Å². The zero-order chi connectivity index (χ0) is 7.98. The molecule has 0 aromatic heterocycles. The third-order valence-electron chi connectivity index (χ3n) is 0.730. The molecule has 0 aromatic rings. The number of oxime groups is 1. The standard InChI is InChI=1S/C6H10ClNO2/c1-3-4-6(7)8-10-5(2)9/h3-4H2,1-2H3/b8-6-. The molecule has 0 N–H and O–H groups in total. The van der Waals surface area contributed by atoms with Gasteiger partial charge in [0.05, 0.1) is 0 Å². The first-order valence-electron chi connectivity index (χ1n) is 3.06. The fourth-order valence-corrected chi connectivity index (χ4v) is 0.589. The van der Waals surface area contributed by atoms with E-state index in [1.165, 1.54) is 6.92 Å². The van der Waals surface area contributed by atoms with E-state index in [-0.39, 0.29) is 0 Å². The number of carbonyl (C=O) groups is 1. The molecule has 0 aromatic carbocycles. The van der Waals surface area contributed by atoms with Crippen LogP contribution in [0.3, 0.4) is 0 Å². The molecule has 58 valence electrons. The van der Waals surface area contributed by atoms with Gasteiger partial charge in [-0.05, 0) is 6.42 Å². The highest BCUT2D eigenvalue weighted by molar-refractivity contribution is 6.65. The molecular weight excluding hydrogens is 154 g/mol. The van der Waals surface area contributed by atoms with Crippen LogP contribution in [0.1, 0.15) is 26.7 Å². The predicted octanol–water partition coefficient (Wildman–Crippen LogP) is 1.90. The van der Waals surface area contributed by atoms with Crippen molar-refractivity contribution in [2.45, 2.75) is 26.7 Å². The van der Waals surface area contributed by atoms with Gasteiger partial charge in [0.25, 0.3) is 0 Å². The summed E-state index contributed by atoms with van der Waals surface area (Å²) in [6.45, 7) is 3.24. The molecule has 0 fully saturated rings. The summed E-state index contributed by atoms with van der Waals surface area (Å²) in [4.78, 5) is 14.4. The fourth-order valence-electron chi connectivity index (χ4n) is 0.366. The Kier molecular flexibility index (Phi) is 4.94. The molecule has 0 spiro atoms. The van der Waals surface area contributed by atoms with Crippen LogP contribution in [-0.4, -0.2) is 11.1 Å². The van der Waals surface area contributed by atoms with Crippen LogP contribution in [0.15, 0.2) is 5.16 Å². The lowest BCUT2D eigenvalue weighted by Crippen LogP contribution is -1.94. The van der Waals surface area contributed by atoms with Gasteiger partial charge < -0.3 is 4.84 Å². The van der Waals surface area contributed by atoms with E-state index in [1.807, 2.05) is 6.92 Å². The Hall–Kier alpha value is -0.570. The fraction of sp³-hybridized carbons (Fsp3) is 0.667. The molecule has 0 rings (SSSR count). The molecule has 0 bridgehead atoms. The third-order valence-corrected chi connectivity index (χ3v) is 0.988. The van der Waals surface area contributed by atoms with Gasteiger partial charge >= 0.3 is 5.97 Å². The Bertz CT molecular complexity index is 145. The molecule has 0 saturated heterocycles. The van der Waals surface area contributed by atoms with Gasteiger partial charge in [-0.15, -0.1) is 0 Å². The van der Waals surface area contributed by atoms with Crippen molar-refractivity contribution in [3.63, 3.8) is 0 Å². The van der Waals surface area contributed by atoms with E-state index in [0.29, 0.717) is 11.6 Å². The summed E-state index contributed by atoms with van der Waals surface area (Å²) in [5.74, 6) is -0.450. The van der Waals surface area contributed by atoms with E-state index in [9.17, 15) is 4.79 Å². The van der Waals surface area contributed by atoms with E-state index in [0.717, 1.165) is 6.42 Å². The molecule has 0 unspecified atom stereocenters. The topological polar surface area (TPSA) is 38.7 Å². The normalized spacial score (nSPS) is 11.3. The van der Waals surface area contributed by atoms with Crippen molar-refractivity contribution in [2.75, 3.05) is 0 Å². The highest BCUT2D eigenvalue weighted by atomic mass is 35.5. The van der Waals surface area contributed by atoms with E-state index in [4.69, 9.17) is 11.6 Å². The molecule has 4 heteroatoms. The van der Waals surface area contributed by atoms with E-state index in [2.05, 4.69) is 9.99 Å². The summed E-state index contributed by atoms with van der Waals surface area (Å²) < 4.78 is 0. The Balaban J connectivity index is 3.57. The van der Waals surface area contributed by atoms with Gasteiger partial charge in [-0.25, -0.2) is 4.79 Å². The van der Waals surface area contributed by atoms with Gasteiger partial charge in [0.2, 0.25) is 0 Å². The minimum Gasteiger partial charge on any atom is -0.317 e. The second-order valence-corrected chi connectivity index (χ2v) is 2.24. The lowest BCUT2D eigenvalue weighted by Gasteiger charge is -1.92. The smallest absolute Gasteiger partial charge is 0.317 e. The zero-order valence-corrected chi connectivity index (χ0v) is 6.81. The maximum absolute atomic E-state index is 10.2. The minimum absolute atomic E-state index is 0.331. The monoisotopic (exact) mass is 163 g/mol. The summed E-state index contributed by atoms with van der Waals surface area (Å²) in [5, 5.41) is 3.68. The highest BCUT2D eigenvalue weighted by Crippen LogP contribution is 1.97. The lowest BCUT2D eigenvalue weighted by molar-refractivity contribution is -0.140. The first-order valence-corrected chi connectivity index (χ1v) is 3.44. The quantitative estimate of drug-likeness (QED) is 0.362. The maximum Gasteiger partial charge on any atom is 0.332 e. The summed E-state index contributed by atoms with van der Waals surface area (Å²) in [6, 6.07) is 0. The average Bonchev–Trinajstić information content (AvgIpc) is 1.85. The lowest BCUT2D eigenvalue weighted by atomic mass is 10.4. The van der Waals surface area contributed by atoms with Crippen molar-refractivity contribution in [2.24, 2.45) is 5.16 Å². The van der Waals surface area contributed by atoms with Crippen molar-refractivity contribution < 1.29 is 9.63 Å². The van der Waals surface area contributed by atoms with Crippen molar-refractivity contribution in [1.82, 2.24) is 0 Å². The second kappa shape index (κ2) is 5.23. The molecule has 10 heavy (non-hydrogen) atoms. The van der Waals surface area contributed by atoms with Crippen molar-refractivity contribution >= 4 is 22.7 Å². The molecule has 0 heterocycles. The molecule has 0 aliphatic carbocycles. The Morgan fingerprint density at radius 2 is 2.30 bits per heavy atom. The van der Waals surface area contributed by atoms with Crippen LogP contribution >= 0.6 is 11.6 Å². The summed E-state index contributed by atoms with van der Waals surface area (Å²) >= 11 is 5.50. The van der Waals surface area contributed by atoms with E-state index < -0.39 is 5.97 Å². The zero-order valence-electron chi connectivity index (χ0n) is 6.06. The van der Waals surface area contributed by atoms with Gasteiger partial charge in [-0.3, -0.25) is 0 Å². The van der Waals surface area contributed by atoms with E-state index >= 15 is 0 Å². The molecule has 0 saturated carbocycles. The second-order valence-electron chi connectivity index (χ2n) is 1.80. The molecule has 0 radical (unpaired) electrons. The average molecular weight is 164 g/mol. The maximum atomic E-state index is 10.2. The van der Waals surface area contributed by atoms with Gasteiger partial charge in [0.1, 0.15) is 5.17 Å². The van der Waals surface area contributed by atoms with Crippen LogP contribution in [0, 0.1) is 0 Å². The van der Waals surface area contributed by atoms with Gasteiger partial charge in [-0.2, -0.15) is 0 Å². The molecule has 0 aliphatic rings.